The summed E-state index contributed by atoms with van der Waals surface area (Å²) in [6.07, 6.45) is 0.252. The molecule has 1 unspecified atom stereocenters. The van der Waals surface area contributed by atoms with Crippen molar-refractivity contribution >= 4 is 7.69 Å². The van der Waals surface area contributed by atoms with Gasteiger partial charge in [-0.2, -0.15) is 0 Å². The highest BCUT2D eigenvalue weighted by Gasteiger charge is 1.93. The van der Waals surface area contributed by atoms with E-state index >= 15 is 0 Å². The zero-order chi connectivity index (χ0) is 6.41. The first kappa shape index (κ1) is 7.94. The maximum Gasteiger partial charge on any atom is 0.435 e. The van der Waals surface area contributed by atoms with E-state index in [1.54, 1.807) is 6.92 Å². The third-order valence-electron chi connectivity index (χ3n) is 0.771. The van der Waals surface area contributed by atoms with Gasteiger partial charge in [0.05, 0.1) is 6.10 Å². The molecular weight excluding hydrogens is 107 g/mol. The Morgan fingerprint density at radius 2 is 2.38 bits per heavy atom. The van der Waals surface area contributed by atoms with Gasteiger partial charge >= 0.3 is 7.69 Å². The van der Waals surface area contributed by atoms with Gasteiger partial charge in [0.15, 0.2) is 0 Å². The van der Waals surface area contributed by atoms with Gasteiger partial charge in [-0.3, -0.25) is 0 Å². The molecular formula is C4H11BO3. The fourth-order valence-corrected chi connectivity index (χ4v) is 0.318. The molecule has 0 aromatic rings. The molecule has 0 amide bonds. The fraction of sp³-hybridized carbons (Fsp3) is 1.00. The summed E-state index contributed by atoms with van der Waals surface area (Å²) in [5.74, 6) is 0. The van der Waals surface area contributed by atoms with Crippen molar-refractivity contribution < 1.29 is 14.8 Å². The second-order valence-electron chi connectivity index (χ2n) is 1.68. The first-order valence-electron chi connectivity index (χ1n) is 2.64. The topological polar surface area (TPSA) is 49.7 Å². The summed E-state index contributed by atoms with van der Waals surface area (Å²) in [6.45, 7) is 2.11. The van der Waals surface area contributed by atoms with Crippen molar-refractivity contribution in [3.05, 3.63) is 0 Å². The average Bonchev–Trinajstić information content (AvgIpc) is 1.66. The first-order valence-corrected chi connectivity index (χ1v) is 2.64. The molecule has 0 aromatic heterocycles. The van der Waals surface area contributed by atoms with Crippen LogP contribution in [0.5, 0.6) is 0 Å². The van der Waals surface area contributed by atoms with E-state index < -0.39 is 0 Å². The zero-order valence-corrected chi connectivity index (χ0v) is 5.00. The van der Waals surface area contributed by atoms with Crippen LogP contribution in [-0.2, 0) is 4.65 Å². The summed E-state index contributed by atoms with van der Waals surface area (Å²) in [5.41, 5.74) is 0. The molecule has 4 heteroatoms. The Morgan fingerprint density at radius 3 is 2.75 bits per heavy atom. The fourth-order valence-electron chi connectivity index (χ4n) is 0.318. The summed E-state index contributed by atoms with van der Waals surface area (Å²) >= 11 is 0. The molecule has 2 N–H and O–H groups in total. The Labute approximate surface area is 49.6 Å². The third-order valence-corrected chi connectivity index (χ3v) is 0.771. The number of rotatable bonds is 4. The lowest BCUT2D eigenvalue weighted by Crippen LogP contribution is -2.07. The zero-order valence-electron chi connectivity index (χ0n) is 5.00. The molecule has 0 saturated heterocycles. The van der Waals surface area contributed by atoms with Crippen LogP contribution in [0, 0.1) is 0 Å². The van der Waals surface area contributed by atoms with Gasteiger partial charge in [0.1, 0.15) is 0 Å². The molecule has 0 fully saturated rings. The lowest BCUT2D eigenvalue weighted by molar-refractivity contribution is 0.151. The molecule has 0 rings (SSSR count). The highest BCUT2D eigenvalue weighted by Crippen LogP contribution is 1.87. The number of aliphatic hydroxyl groups excluding tert-OH is 1. The molecule has 0 radical (unpaired) electrons. The van der Waals surface area contributed by atoms with Crippen LogP contribution in [0.3, 0.4) is 0 Å². The standard InChI is InChI=1S/C4H11BO3/c1-4(6)2-3-8-5-7/h4-7H,2-3H2,1H3. The van der Waals surface area contributed by atoms with E-state index in [-0.39, 0.29) is 13.8 Å². The Bertz CT molecular complexity index is 48.5. The van der Waals surface area contributed by atoms with Crippen molar-refractivity contribution in [1.82, 2.24) is 0 Å². The highest BCUT2D eigenvalue weighted by molar-refractivity contribution is 6.15. The maximum atomic E-state index is 8.62. The average molecular weight is 118 g/mol. The predicted molar refractivity (Wildman–Crippen MR) is 31.6 cm³/mol. The Morgan fingerprint density at radius 1 is 1.75 bits per heavy atom. The van der Waals surface area contributed by atoms with E-state index in [1.807, 2.05) is 0 Å². The monoisotopic (exact) mass is 118 g/mol. The summed E-state index contributed by atoms with van der Waals surface area (Å²) in [6, 6.07) is 0. The van der Waals surface area contributed by atoms with Gasteiger partial charge < -0.3 is 14.8 Å². The maximum absolute atomic E-state index is 8.62. The van der Waals surface area contributed by atoms with Crippen molar-refractivity contribution in [1.29, 1.82) is 0 Å². The van der Waals surface area contributed by atoms with Crippen LogP contribution < -0.4 is 0 Å². The van der Waals surface area contributed by atoms with E-state index in [4.69, 9.17) is 10.1 Å². The lowest BCUT2D eigenvalue weighted by atomic mass is 10.3. The minimum Gasteiger partial charge on any atom is -0.430 e. The molecule has 1 atom stereocenters. The molecule has 0 bridgehead atoms. The van der Waals surface area contributed by atoms with E-state index in [0.29, 0.717) is 13.0 Å². The van der Waals surface area contributed by atoms with Gasteiger partial charge in [0, 0.05) is 6.61 Å². The van der Waals surface area contributed by atoms with Crippen molar-refractivity contribution in [2.75, 3.05) is 6.61 Å². The Hall–Kier alpha value is -0.0551. The highest BCUT2D eigenvalue weighted by atomic mass is 16.5. The molecule has 0 spiro atoms. The number of hydrogen-bond donors (Lipinski definition) is 2. The number of aliphatic hydroxyl groups is 1. The van der Waals surface area contributed by atoms with E-state index in [1.165, 1.54) is 0 Å². The molecule has 3 nitrogen and oxygen atoms in total. The Kier molecular flexibility index (Phi) is 5.05. The van der Waals surface area contributed by atoms with Crippen molar-refractivity contribution in [3.8, 4) is 0 Å². The molecule has 8 heavy (non-hydrogen) atoms. The first-order chi connectivity index (χ1) is 3.77. The molecule has 0 heterocycles. The summed E-state index contributed by atoms with van der Waals surface area (Å²) in [5, 5.41) is 16.7. The van der Waals surface area contributed by atoms with Gasteiger partial charge in [-0.05, 0) is 13.3 Å². The van der Waals surface area contributed by atoms with Crippen molar-refractivity contribution in [2.45, 2.75) is 19.4 Å². The molecule has 0 aliphatic heterocycles. The molecule has 0 aromatic carbocycles. The van der Waals surface area contributed by atoms with Crippen LogP contribution in [0.4, 0.5) is 0 Å². The van der Waals surface area contributed by atoms with Gasteiger partial charge in [0.25, 0.3) is 0 Å². The minimum absolute atomic E-state index is 0.257. The Balaban J connectivity index is 2.72. The molecule has 0 aliphatic carbocycles. The van der Waals surface area contributed by atoms with E-state index in [0.717, 1.165) is 0 Å². The van der Waals surface area contributed by atoms with Crippen LogP contribution in [0.25, 0.3) is 0 Å². The summed E-state index contributed by atoms with van der Waals surface area (Å²) < 4.78 is 4.54. The normalized spacial score (nSPS) is 13.4. The van der Waals surface area contributed by atoms with Gasteiger partial charge in [-0.15, -0.1) is 0 Å². The van der Waals surface area contributed by atoms with Crippen molar-refractivity contribution in [2.24, 2.45) is 0 Å². The van der Waals surface area contributed by atoms with Crippen LogP contribution in [-0.4, -0.2) is 30.5 Å². The second-order valence-corrected chi connectivity index (χ2v) is 1.68. The molecule has 48 valence electrons. The summed E-state index contributed by atoms with van der Waals surface area (Å²) in [7, 11) is -0.257. The molecule has 0 aliphatic rings. The quantitative estimate of drug-likeness (QED) is 0.369. The van der Waals surface area contributed by atoms with Gasteiger partial charge in [0.2, 0.25) is 0 Å². The van der Waals surface area contributed by atoms with Crippen molar-refractivity contribution in [3.63, 3.8) is 0 Å². The minimum atomic E-state index is -0.332. The largest absolute Gasteiger partial charge is 0.435 e. The van der Waals surface area contributed by atoms with E-state index in [2.05, 4.69) is 4.65 Å². The molecule has 0 saturated carbocycles. The van der Waals surface area contributed by atoms with Crippen LogP contribution in [0.2, 0.25) is 0 Å². The summed E-state index contributed by atoms with van der Waals surface area (Å²) in [4.78, 5) is 0. The van der Waals surface area contributed by atoms with Crippen LogP contribution in [0.1, 0.15) is 13.3 Å². The predicted octanol–water partition coefficient (Wildman–Crippen LogP) is -0.967. The van der Waals surface area contributed by atoms with E-state index in [9.17, 15) is 0 Å². The smallest absolute Gasteiger partial charge is 0.430 e. The third kappa shape index (κ3) is 5.94. The lowest BCUT2D eigenvalue weighted by Gasteiger charge is -2.01. The van der Waals surface area contributed by atoms with Crippen LogP contribution in [0.15, 0.2) is 0 Å². The SMILES string of the molecule is CC(O)CCOBO. The number of hydrogen-bond acceptors (Lipinski definition) is 3. The van der Waals surface area contributed by atoms with Gasteiger partial charge in [-0.1, -0.05) is 0 Å². The van der Waals surface area contributed by atoms with Crippen LogP contribution >= 0.6 is 0 Å². The van der Waals surface area contributed by atoms with Gasteiger partial charge in [-0.25, -0.2) is 0 Å². The second kappa shape index (κ2) is 5.09.